The Bertz CT molecular complexity index is 554. The molecule has 1 saturated heterocycles. The van der Waals surface area contributed by atoms with Crippen molar-refractivity contribution < 1.29 is 14.3 Å². The van der Waals surface area contributed by atoms with Crippen LogP contribution in [0.4, 0.5) is 10.6 Å². The van der Waals surface area contributed by atoms with Gasteiger partial charge in [0, 0.05) is 32.4 Å². The van der Waals surface area contributed by atoms with Crippen molar-refractivity contribution in [1.82, 2.24) is 15.2 Å². The van der Waals surface area contributed by atoms with Crippen LogP contribution in [0.5, 0.6) is 0 Å². The van der Waals surface area contributed by atoms with Crippen LogP contribution in [0.15, 0.2) is 18.3 Å². The molecule has 1 aromatic heterocycles. The number of hydrogen-bond donors (Lipinski definition) is 2. The predicted octanol–water partition coefficient (Wildman–Crippen LogP) is 1.86. The Morgan fingerprint density at radius 2 is 2.04 bits per heavy atom. The van der Waals surface area contributed by atoms with Crippen molar-refractivity contribution in [1.29, 1.82) is 0 Å². The number of nitrogens with one attached hydrogen (secondary N) is 2. The fourth-order valence-corrected chi connectivity index (χ4v) is 2.51. The van der Waals surface area contributed by atoms with Gasteiger partial charge in [0.2, 0.25) is 0 Å². The molecular weight excluding hydrogens is 296 g/mol. The van der Waals surface area contributed by atoms with E-state index in [2.05, 4.69) is 15.6 Å². The van der Waals surface area contributed by atoms with Crippen molar-refractivity contribution in [2.45, 2.75) is 38.8 Å². The van der Waals surface area contributed by atoms with E-state index in [1.165, 1.54) is 0 Å². The van der Waals surface area contributed by atoms with E-state index in [1.807, 2.05) is 13.8 Å². The number of amides is 2. The lowest BCUT2D eigenvalue weighted by atomic mass is 10.0. The largest absolute Gasteiger partial charge is 0.447 e. The Morgan fingerprint density at radius 3 is 2.65 bits per heavy atom. The standard InChI is InChI=1S/C16H24N4O3/c1-11(2)23-16(22)20-9-6-12(7-10-20)19-14-13(15(21)17-3)5-4-8-18-14/h4-5,8,11-12H,6-7,9-10H2,1-3H3,(H,17,21)(H,18,19). The van der Waals surface area contributed by atoms with Gasteiger partial charge in [-0.3, -0.25) is 4.79 Å². The van der Waals surface area contributed by atoms with Crippen molar-refractivity contribution in [3.8, 4) is 0 Å². The van der Waals surface area contributed by atoms with Crippen LogP contribution in [-0.2, 0) is 4.74 Å². The van der Waals surface area contributed by atoms with E-state index in [1.54, 1.807) is 30.3 Å². The van der Waals surface area contributed by atoms with Gasteiger partial charge in [-0.25, -0.2) is 9.78 Å². The summed E-state index contributed by atoms with van der Waals surface area (Å²) in [5, 5.41) is 5.92. The molecule has 0 aromatic carbocycles. The number of carbonyl (C=O) groups excluding carboxylic acids is 2. The molecule has 1 aromatic rings. The molecule has 7 heteroatoms. The molecule has 1 aliphatic rings. The normalized spacial score (nSPS) is 15.4. The predicted molar refractivity (Wildman–Crippen MR) is 87.5 cm³/mol. The summed E-state index contributed by atoms with van der Waals surface area (Å²) >= 11 is 0. The summed E-state index contributed by atoms with van der Waals surface area (Å²) in [6.07, 6.45) is 2.86. The van der Waals surface area contributed by atoms with Crippen LogP contribution < -0.4 is 10.6 Å². The van der Waals surface area contributed by atoms with Crippen LogP contribution in [0.2, 0.25) is 0 Å². The van der Waals surface area contributed by atoms with Gasteiger partial charge in [0.1, 0.15) is 5.82 Å². The second-order valence-electron chi connectivity index (χ2n) is 5.82. The Hall–Kier alpha value is -2.31. The number of rotatable bonds is 4. The second kappa shape index (κ2) is 7.80. The third kappa shape index (κ3) is 4.58. The van der Waals surface area contributed by atoms with E-state index in [9.17, 15) is 9.59 Å². The smallest absolute Gasteiger partial charge is 0.410 e. The van der Waals surface area contributed by atoms with Crippen LogP contribution in [0.3, 0.4) is 0 Å². The Morgan fingerprint density at radius 1 is 1.35 bits per heavy atom. The van der Waals surface area contributed by atoms with Crippen LogP contribution >= 0.6 is 0 Å². The molecule has 2 rings (SSSR count). The quantitative estimate of drug-likeness (QED) is 0.885. The molecule has 0 radical (unpaired) electrons. The van der Waals surface area contributed by atoms with Gasteiger partial charge in [-0.15, -0.1) is 0 Å². The molecule has 0 saturated carbocycles. The van der Waals surface area contributed by atoms with Crippen molar-refractivity contribution in [3.05, 3.63) is 23.9 Å². The maximum absolute atomic E-state index is 11.9. The van der Waals surface area contributed by atoms with E-state index in [4.69, 9.17) is 4.74 Å². The summed E-state index contributed by atoms with van der Waals surface area (Å²) in [4.78, 5) is 29.7. The van der Waals surface area contributed by atoms with Crippen molar-refractivity contribution in [2.75, 3.05) is 25.5 Å². The van der Waals surface area contributed by atoms with Crippen molar-refractivity contribution >= 4 is 17.8 Å². The van der Waals surface area contributed by atoms with Gasteiger partial charge in [-0.05, 0) is 38.8 Å². The van der Waals surface area contributed by atoms with E-state index < -0.39 is 0 Å². The topological polar surface area (TPSA) is 83.6 Å². The molecule has 0 bridgehead atoms. The molecule has 0 aliphatic carbocycles. The number of piperidine rings is 1. The zero-order valence-electron chi connectivity index (χ0n) is 13.8. The van der Waals surface area contributed by atoms with E-state index in [0.29, 0.717) is 24.5 Å². The molecule has 0 atom stereocenters. The number of ether oxygens (including phenoxy) is 1. The average molecular weight is 320 g/mol. The van der Waals surface area contributed by atoms with Crippen molar-refractivity contribution in [3.63, 3.8) is 0 Å². The highest BCUT2D eigenvalue weighted by molar-refractivity contribution is 5.98. The number of pyridine rings is 1. The molecule has 7 nitrogen and oxygen atoms in total. The van der Waals surface area contributed by atoms with Gasteiger partial charge in [0.25, 0.3) is 5.91 Å². The van der Waals surface area contributed by atoms with Gasteiger partial charge >= 0.3 is 6.09 Å². The maximum atomic E-state index is 11.9. The lowest BCUT2D eigenvalue weighted by Crippen LogP contribution is -2.43. The summed E-state index contributed by atoms with van der Waals surface area (Å²) in [7, 11) is 1.60. The summed E-state index contributed by atoms with van der Waals surface area (Å²) < 4.78 is 5.21. The molecule has 2 N–H and O–H groups in total. The first kappa shape index (κ1) is 17.1. The van der Waals surface area contributed by atoms with Gasteiger partial charge in [-0.2, -0.15) is 0 Å². The molecule has 1 aliphatic heterocycles. The highest BCUT2D eigenvalue weighted by Crippen LogP contribution is 2.19. The fourth-order valence-electron chi connectivity index (χ4n) is 2.51. The monoisotopic (exact) mass is 320 g/mol. The Labute approximate surface area is 136 Å². The lowest BCUT2D eigenvalue weighted by Gasteiger charge is -2.32. The molecule has 0 unspecified atom stereocenters. The summed E-state index contributed by atoms with van der Waals surface area (Å²) in [6.45, 7) is 4.94. The number of carbonyl (C=O) groups is 2. The van der Waals surface area contributed by atoms with Crippen LogP contribution in [0, 0.1) is 0 Å². The molecule has 23 heavy (non-hydrogen) atoms. The molecule has 2 heterocycles. The van der Waals surface area contributed by atoms with E-state index >= 15 is 0 Å². The zero-order valence-corrected chi connectivity index (χ0v) is 13.8. The van der Waals surface area contributed by atoms with Crippen molar-refractivity contribution in [2.24, 2.45) is 0 Å². The molecule has 1 fully saturated rings. The summed E-state index contributed by atoms with van der Waals surface area (Å²) in [5.74, 6) is 0.411. The van der Waals surface area contributed by atoms with Gasteiger partial charge in [0.05, 0.1) is 11.7 Å². The minimum atomic E-state index is -0.262. The molecule has 126 valence electrons. The third-order valence-corrected chi connectivity index (χ3v) is 3.71. The molecule has 2 amide bonds. The Kier molecular flexibility index (Phi) is 5.78. The van der Waals surface area contributed by atoms with Crippen LogP contribution in [0.25, 0.3) is 0 Å². The van der Waals surface area contributed by atoms with E-state index in [0.717, 1.165) is 12.8 Å². The van der Waals surface area contributed by atoms with Crippen LogP contribution in [-0.4, -0.2) is 54.2 Å². The highest BCUT2D eigenvalue weighted by Gasteiger charge is 2.25. The minimum absolute atomic E-state index is 0.109. The van der Waals surface area contributed by atoms with Gasteiger partial charge in [-0.1, -0.05) is 0 Å². The Balaban J connectivity index is 1.92. The summed E-state index contributed by atoms with van der Waals surface area (Å²) in [5.41, 5.74) is 0.525. The first-order chi connectivity index (χ1) is 11.0. The number of aromatic nitrogens is 1. The number of hydrogen-bond acceptors (Lipinski definition) is 5. The summed E-state index contributed by atoms with van der Waals surface area (Å²) in [6, 6.07) is 3.65. The molecular formula is C16H24N4O3. The zero-order chi connectivity index (χ0) is 16.8. The molecule has 0 spiro atoms. The first-order valence-electron chi connectivity index (χ1n) is 7.90. The number of likely N-dealkylation sites (tertiary alicyclic amines) is 1. The SMILES string of the molecule is CNC(=O)c1cccnc1NC1CCN(C(=O)OC(C)C)CC1. The first-order valence-corrected chi connectivity index (χ1v) is 7.90. The van der Waals surface area contributed by atoms with Crippen LogP contribution in [0.1, 0.15) is 37.0 Å². The maximum Gasteiger partial charge on any atom is 0.410 e. The van der Waals surface area contributed by atoms with E-state index in [-0.39, 0.29) is 24.1 Å². The van der Waals surface area contributed by atoms with Gasteiger partial charge in [0.15, 0.2) is 0 Å². The lowest BCUT2D eigenvalue weighted by molar-refractivity contribution is 0.0701. The highest BCUT2D eigenvalue weighted by atomic mass is 16.6. The fraction of sp³-hybridized carbons (Fsp3) is 0.562. The minimum Gasteiger partial charge on any atom is -0.447 e. The second-order valence-corrected chi connectivity index (χ2v) is 5.82. The number of nitrogens with zero attached hydrogens (tertiary/aromatic N) is 2. The average Bonchev–Trinajstić information content (AvgIpc) is 2.54. The van der Waals surface area contributed by atoms with Gasteiger partial charge < -0.3 is 20.3 Å². The third-order valence-electron chi connectivity index (χ3n) is 3.71. The number of anilines is 1.